The Morgan fingerprint density at radius 1 is 1.32 bits per heavy atom. The number of rotatable bonds is 3. The van der Waals surface area contributed by atoms with E-state index < -0.39 is 11.7 Å². The molecule has 1 aromatic carbocycles. The van der Waals surface area contributed by atoms with E-state index in [1.807, 2.05) is 0 Å². The molecule has 0 atom stereocenters. The van der Waals surface area contributed by atoms with Gasteiger partial charge in [0.15, 0.2) is 5.76 Å². The molecular formula is C16H14FN3O2. The molecule has 1 amide bonds. The van der Waals surface area contributed by atoms with Gasteiger partial charge < -0.3 is 14.3 Å². The summed E-state index contributed by atoms with van der Waals surface area (Å²) in [6.45, 7) is 3.55. The normalized spacial score (nSPS) is 10.7. The minimum absolute atomic E-state index is 0.218. The lowest BCUT2D eigenvalue weighted by Gasteiger charge is -2.09. The number of benzene rings is 1. The number of nitrogens with one attached hydrogen (secondary N) is 1. The van der Waals surface area contributed by atoms with E-state index >= 15 is 0 Å². The average Bonchev–Trinajstić information content (AvgIpc) is 3.08. The van der Waals surface area contributed by atoms with Gasteiger partial charge in [-0.2, -0.15) is 0 Å². The van der Waals surface area contributed by atoms with Gasteiger partial charge in [0.25, 0.3) is 5.91 Å². The van der Waals surface area contributed by atoms with Crippen molar-refractivity contribution < 1.29 is 13.6 Å². The van der Waals surface area contributed by atoms with Crippen LogP contribution in [0.4, 0.5) is 10.1 Å². The Hall–Kier alpha value is -2.89. The molecule has 0 saturated heterocycles. The predicted octanol–water partition coefficient (Wildman–Crippen LogP) is 3.47. The van der Waals surface area contributed by atoms with Gasteiger partial charge in [-0.15, -0.1) is 0 Å². The summed E-state index contributed by atoms with van der Waals surface area (Å²) in [5, 5.41) is 2.62. The molecule has 0 aliphatic rings. The molecule has 1 N–H and O–H groups in total. The van der Waals surface area contributed by atoms with E-state index in [1.165, 1.54) is 12.3 Å². The highest BCUT2D eigenvalue weighted by Crippen LogP contribution is 2.20. The van der Waals surface area contributed by atoms with Crippen LogP contribution in [0.2, 0.25) is 0 Å². The van der Waals surface area contributed by atoms with Gasteiger partial charge in [0.1, 0.15) is 11.6 Å². The maximum atomic E-state index is 14.2. The number of nitrogens with zero attached hydrogens (tertiary/aromatic N) is 2. The van der Waals surface area contributed by atoms with Crippen LogP contribution in [0.25, 0.3) is 5.69 Å². The van der Waals surface area contributed by atoms with Crippen LogP contribution in [0.5, 0.6) is 0 Å². The van der Waals surface area contributed by atoms with E-state index in [0.29, 0.717) is 17.2 Å². The van der Waals surface area contributed by atoms with Gasteiger partial charge in [-0.25, -0.2) is 9.37 Å². The molecule has 3 rings (SSSR count). The molecule has 0 unspecified atom stereocenters. The minimum atomic E-state index is -0.449. The van der Waals surface area contributed by atoms with Crippen LogP contribution in [-0.4, -0.2) is 15.5 Å². The number of aromatic nitrogens is 2. The lowest BCUT2D eigenvalue weighted by molar-refractivity contribution is 0.0996. The molecule has 112 valence electrons. The number of carbonyl (C=O) groups is 1. The maximum Gasteiger partial charge on any atom is 0.291 e. The van der Waals surface area contributed by atoms with Crippen molar-refractivity contribution in [2.24, 2.45) is 0 Å². The zero-order chi connectivity index (χ0) is 15.7. The SMILES string of the molecule is Cc1ccoc1C(=O)Nc1ccc(-n2ccnc2C)c(F)c1. The fraction of sp³-hybridized carbons (Fsp3) is 0.125. The summed E-state index contributed by atoms with van der Waals surface area (Å²) < 4.78 is 21.0. The quantitative estimate of drug-likeness (QED) is 0.805. The highest BCUT2D eigenvalue weighted by Gasteiger charge is 2.14. The van der Waals surface area contributed by atoms with E-state index in [4.69, 9.17) is 4.42 Å². The average molecular weight is 299 g/mol. The van der Waals surface area contributed by atoms with Crippen LogP contribution < -0.4 is 5.32 Å². The van der Waals surface area contributed by atoms with E-state index in [9.17, 15) is 9.18 Å². The van der Waals surface area contributed by atoms with Crippen LogP contribution in [0.15, 0.2) is 47.3 Å². The van der Waals surface area contributed by atoms with Crippen molar-refractivity contribution in [3.8, 4) is 5.69 Å². The van der Waals surface area contributed by atoms with Gasteiger partial charge in [-0.3, -0.25) is 4.79 Å². The first-order valence-corrected chi connectivity index (χ1v) is 6.71. The molecule has 0 saturated carbocycles. The summed E-state index contributed by atoms with van der Waals surface area (Å²) in [5.74, 6) is 0.0420. The Balaban J connectivity index is 1.85. The van der Waals surface area contributed by atoms with Gasteiger partial charge in [0.05, 0.1) is 12.0 Å². The number of aryl methyl sites for hydroxylation is 2. The molecule has 0 spiro atoms. The zero-order valence-corrected chi connectivity index (χ0v) is 12.1. The molecular weight excluding hydrogens is 285 g/mol. The van der Waals surface area contributed by atoms with Crippen LogP contribution in [0, 0.1) is 19.7 Å². The second kappa shape index (κ2) is 5.48. The Bertz CT molecular complexity index is 836. The lowest BCUT2D eigenvalue weighted by Crippen LogP contribution is -2.12. The molecule has 0 bridgehead atoms. The van der Waals surface area contributed by atoms with Crippen molar-refractivity contribution in [1.82, 2.24) is 9.55 Å². The molecule has 3 aromatic rings. The number of carbonyl (C=O) groups excluding carboxylic acids is 1. The molecule has 6 heteroatoms. The second-order valence-corrected chi connectivity index (χ2v) is 4.90. The first-order chi connectivity index (χ1) is 10.6. The highest BCUT2D eigenvalue weighted by molar-refractivity contribution is 6.03. The third-order valence-corrected chi connectivity index (χ3v) is 3.36. The third kappa shape index (κ3) is 2.50. The number of halogens is 1. The summed E-state index contributed by atoms with van der Waals surface area (Å²) >= 11 is 0. The Morgan fingerprint density at radius 2 is 2.14 bits per heavy atom. The lowest BCUT2D eigenvalue weighted by atomic mass is 10.2. The fourth-order valence-corrected chi connectivity index (χ4v) is 2.21. The van der Waals surface area contributed by atoms with Crippen molar-refractivity contribution in [3.05, 3.63) is 65.9 Å². The van der Waals surface area contributed by atoms with Gasteiger partial charge in [-0.05, 0) is 38.1 Å². The predicted molar refractivity (Wildman–Crippen MR) is 79.7 cm³/mol. The molecule has 5 nitrogen and oxygen atoms in total. The number of hydrogen-bond acceptors (Lipinski definition) is 3. The van der Waals surface area contributed by atoms with Crippen LogP contribution in [-0.2, 0) is 0 Å². The van der Waals surface area contributed by atoms with Gasteiger partial charge in [0.2, 0.25) is 0 Å². The first-order valence-electron chi connectivity index (χ1n) is 6.71. The molecule has 0 aliphatic heterocycles. The van der Waals surface area contributed by atoms with Crippen molar-refractivity contribution >= 4 is 11.6 Å². The van der Waals surface area contributed by atoms with E-state index in [-0.39, 0.29) is 5.76 Å². The van der Waals surface area contributed by atoms with E-state index in [0.717, 1.165) is 5.56 Å². The number of anilines is 1. The fourth-order valence-electron chi connectivity index (χ4n) is 2.21. The zero-order valence-electron chi connectivity index (χ0n) is 12.1. The van der Waals surface area contributed by atoms with Crippen LogP contribution in [0.3, 0.4) is 0 Å². The van der Waals surface area contributed by atoms with Crippen LogP contribution >= 0.6 is 0 Å². The largest absolute Gasteiger partial charge is 0.459 e. The number of furan rings is 1. The van der Waals surface area contributed by atoms with E-state index in [1.54, 1.807) is 49.0 Å². The van der Waals surface area contributed by atoms with Crippen molar-refractivity contribution in [3.63, 3.8) is 0 Å². The molecule has 2 aromatic heterocycles. The first kappa shape index (κ1) is 14.1. The van der Waals surface area contributed by atoms with E-state index in [2.05, 4.69) is 10.3 Å². The summed E-state index contributed by atoms with van der Waals surface area (Å²) in [7, 11) is 0. The van der Waals surface area contributed by atoms with Crippen LogP contribution in [0.1, 0.15) is 21.9 Å². The molecule has 0 aliphatic carbocycles. The summed E-state index contributed by atoms with van der Waals surface area (Å²) in [5.41, 5.74) is 1.46. The van der Waals surface area contributed by atoms with Crippen molar-refractivity contribution in [2.45, 2.75) is 13.8 Å². The minimum Gasteiger partial charge on any atom is -0.459 e. The molecule has 2 heterocycles. The van der Waals surface area contributed by atoms with Gasteiger partial charge >= 0.3 is 0 Å². The molecule has 0 fully saturated rings. The smallest absolute Gasteiger partial charge is 0.291 e. The topological polar surface area (TPSA) is 60.1 Å². The summed E-state index contributed by atoms with van der Waals surface area (Å²) in [6, 6.07) is 6.19. The molecule has 0 radical (unpaired) electrons. The molecule has 22 heavy (non-hydrogen) atoms. The van der Waals surface area contributed by atoms with Crippen molar-refractivity contribution in [2.75, 3.05) is 5.32 Å². The van der Waals surface area contributed by atoms with Gasteiger partial charge in [-0.1, -0.05) is 0 Å². The monoisotopic (exact) mass is 299 g/mol. The highest BCUT2D eigenvalue weighted by atomic mass is 19.1. The Morgan fingerprint density at radius 3 is 2.73 bits per heavy atom. The summed E-state index contributed by atoms with van der Waals surface area (Å²) in [6.07, 6.45) is 4.72. The Labute approximate surface area is 126 Å². The van der Waals surface area contributed by atoms with Gasteiger partial charge in [0, 0.05) is 23.6 Å². The number of hydrogen-bond donors (Lipinski definition) is 1. The number of amides is 1. The standard InChI is InChI=1S/C16H14FN3O2/c1-10-5-8-22-15(10)16(21)19-12-3-4-14(13(17)9-12)20-7-6-18-11(20)2/h3-9H,1-2H3,(H,19,21). The maximum absolute atomic E-state index is 14.2. The third-order valence-electron chi connectivity index (χ3n) is 3.36. The summed E-state index contributed by atoms with van der Waals surface area (Å²) in [4.78, 5) is 16.1. The number of imidazole rings is 1. The Kier molecular flexibility index (Phi) is 3.50. The van der Waals surface area contributed by atoms with Crippen molar-refractivity contribution in [1.29, 1.82) is 0 Å². The second-order valence-electron chi connectivity index (χ2n) is 4.90.